The highest BCUT2D eigenvalue weighted by atomic mass is 35.5. The first-order valence-electron chi connectivity index (χ1n) is 16.9. The summed E-state index contributed by atoms with van der Waals surface area (Å²) in [5, 5.41) is 18.1. The van der Waals surface area contributed by atoms with Crippen LogP contribution in [0.3, 0.4) is 0 Å². The number of amides is 5. The Hall–Kier alpha value is -3.27. The van der Waals surface area contributed by atoms with Gasteiger partial charge in [0.2, 0.25) is 5.91 Å². The van der Waals surface area contributed by atoms with Crippen LogP contribution < -0.4 is 10.6 Å². The van der Waals surface area contributed by atoms with Gasteiger partial charge in [-0.3, -0.25) is 15.0 Å². The van der Waals surface area contributed by atoms with Gasteiger partial charge in [0.05, 0.1) is 17.1 Å². The van der Waals surface area contributed by atoms with Crippen molar-refractivity contribution in [1.82, 2.24) is 29.8 Å². The van der Waals surface area contributed by atoms with E-state index in [2.05, 4.69) is 27.5 Å². The van der Waals surface area contributed by atoms with Gasteiger partial charge in [-0.2, -0.15) is 13.2 Å². The van der Waals surface area contributed by atoms with Gasteiger partial charge in [0.25, 0.3) is 0 Å². The number of thiophene rings is 1. The van der Waals surface area contributed by atoms with E-state index in [0.29, 0.717) is 63.7 Å². The molecule has 11 nitrogen and oxygen atoms in total. The van der Waals surface area contributed by atoms with Gasteiger partial charge < -0.3 is 30.0 Å². The molecule has 0 aliphatic carbocycles. The number of benzene rings is 1. The molecule has 5 amide bonds. The first kappa shape index (κ1) is 34.2. The first-order valence-corrected chi connectivity index (χ1v) is 18.1. The summed E-state index contributed by atoms with van der Waals surface area (Å²) in [4.78, 5) is 50.5. The molecule has 2 bridgehead atoms. The highest BCUT2D eigenvalue weighted by Crippen LogP contribution is 2.41. The number of aromatic hydroxyl groups is 1. The van der Waals surface area contributed by atoms with Gasteiger partial charge >= 0.3 is 18.2 Å². The third kappa shape index (κ3) is 6.91. The molecule has 2 unspecified atom stereocenters. The Kier molecular flexibility index (Phi) is 9.39. The van der Waals surface area contributed by atoms with E-state index in [4.69, 9.17) is 11.6 Å². The number of piperazine rings is 1. The zero-order valence-corrected chi connectivity index (χ0v) is 28.8. The molecule has 3 atom stereocenters. The molecule has 1 aromatic carbocycles. The minimum absolute atomic E-state index is 0.0676. The van der Waals surface area contributed by atoms with Crippen LogP contribution in [0.15, 0.2) is 23.6 Å². The number of likely N-dealkylation sites (tertiary alicyclic amines) is 4. The van der Waals surface area contributed by atoms with Gasteiger partial charge in [0.15, 0.2) is 0 Å². The molecule has 4 fully saturated rings. The van der Waals surface area contributed by atoms with E-state index in [1.165, 1.54) is 17.4 Å². The summed E-state index contributed by atoms with van der Waals surface area (Å²) in [5.74, 6) is -1.44. The number of carbonyl (C=O) groups excluding carboxylic acids is 3. The first-order chi connectivity index (χ1) is 23.4. The molecule has 0 radical (unpaired) electrons. The summed E-state index contributed by atoms with van der Waals surface area (Å²) in [6, 6.07) is 3.56. The van der Waals surface area contributed by atoms with Crippen molar-refractivity contribution in [3.63, 3.8) is 0 Å². The van der Waals surface area contributed by atoms with Crippen LogP contribution in [0.5, 0.6) is 5.75 Å². The molecule has 3 N–H and O–H groups in total. The predicted molar refractivity (Wildman–Crippen MR) is 179 cm³/mol. The SMILES string of the molecule is CN1CC2CC1CN2C1CCN(C(=O)[C@@H](Cc2cc(Cl)c(O)c(C(F)(F)F)c2)NC(=O)N2CCC(N3Cc4ccsc4NC3=O)CC2)CC1. The number of phenols is 1. The molecule has 6 heterocycles. The van der Waals surface area contributed by atoms with E-state index in [1.54, 1.807) is 14.7 Å². The quantitative estimate of drug-likeness (QED) is 0.401. The van der Waals surface area contributed by atoms with E-state index < -0.39 is 34.6 Å². The van der Waals surface area contributed by atoms with E-state index >= 15 is 0 Å². The zero-order chi connectivity index (χ0) is 34.6. The fourth-order valence-corrected chi connectivity index (χ4v) is 9.36. The number of piperidine rings is 2. The number of hydrogen-bond acceptors (Lipinski definition) is 7. The predicted octanol–water partition coefficient (Wildman–Crippen LogP) is 4.64. The number of hydrogen-bond donors (Lipinski definition) is 3. The van der Waals surface area contributed by atoms with Crippen molar-refractivity contribution in [2.24, 2.45) is 0 Å². The third-order valence-electron chi connectivity index (χ3n) is 11.0. The summed E-state index contributed by atoms with van der Waals surface area (Å²) >= 11 is 7.49. The molecule has 5 aliphatic rings. The Bertz CT molecular complexity index is 1590. The molecular weight excluding hydrogens is 683 g/mol. The Morgan fingerprint density at radius 2 is 1.73 bits per heavy atom. The lowest BCUT2D eigenvalue weighted by Crippen LogP contribution is -2.58. The monoisotopic (exact) mass is 723 g/mol. The average molecular weight is 724 g/mol. The van der Waals surface area contributed by atoms with E-state index in [9.17, 15) is 32.7 Å². The van der Waals surface area contributed by atoms with Crippen LogP contribution >= 0.6 is 22.9 Å². The molecule has 5 aliphatic heterocycles. The summed E-state index contributed by atoms with van der Waals surface area (Å²) in [6.07, 6.45) is -1.27. The van der Waals surface area contributed by atoms with Gasteiger partial charge in [0.1, 0.15) is 16.8 Å². The number of nitrogens with one attached hydrogen (secondary N) is 2. The molecule has 49 heavy (non-hydrogen) atoms. The topological polar surface area (TPSA) is 112 Å². The lowest BCUT2D eigenvalue weighted by Gasteiger charge is -2.43. The van der Waals surface area contributed by atoms with E-state index in [-0.39, 0.29) is 30.0 Å². The van der Waals surface area contributed by atoms with Gasteiger partial charge in [-0.1, -0.05) is 11.6 Å². The maximum absolute atomic E-state index is 14.0. The number of nitrogens with zero attached hydrogens (tertiary/aromatic N) is 5. The van der Waals surface area contributed by atoms with Gasteiger partial charge in [-0.25, -0.2) is 9.59 Å². The summed E-state index contributed by atoms with van der Waals surface area (Å²) in [5.41, 5.74) is -0.167. The Balaban J connectivity index is 1.02. The number of urea groups is 2. The van der Waals surface area contributed by atoms with Crippen LogP contribution in [0.1, 0.15) is 48.8 Å². The Morgan fingerprint density at radius 1 is 1.04 bits per heavy atom. The van der Waals surface area contributed by atoms with Gasteiger partial charge in [0, 0.05) is 75.4 Å². The Labute approximate surface area is 291 Å². The largest absolute Gasteiger partial charge is 0.506 e. The second-order valence-corrected chi connectivity index (χ2v) is 15.3. The van der Waals surface area contributed by atoms with Crippen molar-refractivity contribution < 1.29 is 32.7 Å². The summed E-state index contributed by atoms with van der Waals surface area (Å²) in [6.45, 7) is 4.23. The van der Waals surface area contributed by atoms with Crippen LogP contribution in [0.2, 0.25) is 5.02 Å². The van der Waals surface area contributed by atoms with E-state index in [0.717, 1.165) is 49.0 Å². The minimum Gasteiger partial charge on any atom is -0.506 e. The second kappa shape index (κ2) is 13.5. The number of alkyl halides is 3. The van der Waals surface area contributed by atoms with Crippen LogP contribution in [0.4, 0.5) is 27.8 Å². The normalized spacial score (nSPS) is 24.7. The molecule has 4 saturated heterocycles. The maximum Gasteiger partial charge on any atom is 0.420 e. The smallest absolute Gasteiger partial charge is 0.420 e. The average Bonchev–Trinajstić information content (AvgIpc) is 3.80. The van der Waals surface area contributed by atoms with Crippen LogP contribution in [0, 0.1) is 0 Å². The Morgan fingerprint density at radius 3 is 2.39 bits per heavy atom. The van der Waals surface area contributed by atoms with Crippen LogP contribution in [-0.4, -0.2) is 124 Å². The molecule has 1 aromatic heterocycles. The zero-order valence-electron chi connectivity index (χ0n) is 27.2. The van der Waals surface area contributed by atoms with Crippen molar-refractivity contribution in [2.75, 3.05) is 51.6 Å². The standard InChI is InChI=1S/C33H41ClF3N7O4S/c1-40-17-24-15-23(40)18-43(24)21-2-7-41(8-3-21)30(46)27(14-19-12-25(33(35,36)37)28(45)26(34)13-19)38-31(47)42-9-4-22(5-10-42)44-16-20-6-11-49-29(20)39-32(44)48/h6,11-13,21-24,27,45H,2-5,7-10,14-18H2,1H3,(H,38,47)(H,39,48)/t23?,24?,27-/m1/s1. The van der Waals surface area contributed by atoms with E-state index in [1.807, 2.05) is 11.4 Å². The molecule has 7 rings (SSSR count). The number of phenolic OH excluding ortho intramolecular Hbond substituents is 1. The fourth-order valence-electron chi connectivity index (χ4n) is 8.32. The minimum atomic E-state index is -4.86. The van der Waals surface area contributed by atoms with Crippen molar-refractivity contribution in [1.29, 1.82) is 0 Å². The fraction of sp³-hybridized carbons (Fsp3) is 0.606. The van der Waals surface area contributed by atoms with Crippen molar-refractivity contribution in [2.45, 2.75) is 81.5 Å². The highest BCUT2D eigenvalue weighted by Gasteiger charge is 2.45. The summed E-state index contributed by atoms with van der Waals surface area (Å²) in [7, 11) is 2.16. The number of halogens is 4. The second-order valence-electron chi connectivity index (χ2n) is 14.0. The summed E-state index contributed by atoms with van der Waals surface area (Å²) < 4.78 is 41.2. The molecule has 0 saturated carbocycles. The maximum atomic E-state index is 14.0. The van der Waals surface area contributed by atoms with Gasteiger partial charge in [-0.05, 0) is 68.3 Å². The molecular formula is C33H41ClF3N7O4S. The lowest BCUT2D eigenvalue weighted by molar-refractivity contribution is -0.138. The van der Waals surface area contributed by atoms with Crippen LogP contribution in [0.25, 0.3) is 0 Å². The third-order valence-corrected chi connectivity index (χ3v) is 12.2. The number of likely N-dealkylation sites (N-methyl/N-ethyl adjacent to an activating group) is 1. The van der Waals surface area contributed by atoms with Crippen molar-refractivity contribution in [3.05, 3.63) is 45.3 Å². The van der Waals surface area contributed by atoms with Gasteiger partial charge in [-0.15, -0.1) is 11.3 Å². The molecule has 0 spiro atoms. The highest BCUT2D eigenvalue weighted by molar-refractivity contribution is 7.14. The number of fused-ring (bicyclic) bond motifs is 3. The lowest BCUT2D eigenvalue weighted by atomic mass is 9.98. The number of rotatable bonds is 6. The molecule has 2 aromatic rings. The molecule has 16 heteroatoms. The van der Waals surface area contributed by atoms with Crippen LogP contribution in [-0.2, 0) is 23.9 Å². The van der Waals surface area contributed by atoms with Crippen molar-refractivity contribution >= 4 is 45.9 Å². The molecule has 266 valence electrons. The number of anilines is 1. The van der Waals surface area contributed by atoms with Crippen molar-refractivity contribution in [3.8, 4) is 5.75 Å². The number of carbonyl (C=O) groups is 3.